The average Bonchev–Trinajstić information content (AvgIpc) is 2.68. The van der Waals surface area contributed by atoms with Crippen LogP contribution in [0.4, 0.5) is 0 Å². The SMILES string of the molecule is C[C@H](O)c1nc(Cc2ccncc2)no1. The Morgan fingerprint density at radius 2 is 2.13 bits per heavy atom. The third-order valence-electron chi connectivity index (χ3n) is 1.95. The molecule has 78 valence electrons. The molecule has 1 N–H and O–H groups in total. The monoisotopic (exact) mass is 205 g/mol. The largest absolute Gasteiger partial charge is 0.384 e. The molecule has 1 atom stereocenters. The number of rotatable bonds is 3. The molecule has 0 spiro atoms. The molecule has 0 amide bonds. The Hall–Kier alpha value is -1.75. The van der Waals surface area contributed by atoms with Crippen molar-refractivity contribution in [3.8, 4) is 0 Å². The van der Waals surface area contributed by atoms with Gasteiger partial charge in [0.25, 0.3) is 5.89 Å². The van der Waals surface area contributed by atoms with Crippen LogP contribution in [0.2, 0.25) is 0 Å². The molecule has 0 aliphatic carbocycles. The van der Waals surface area contributed by atoms with Crippen LogP contribution in [0.1, 0.15) is 30.3 Å². The lowest BCUT2D eigenvalue weighted by atomic mass is 10.2. The zero-order valence-corrected chi connectivity index (χ0v) is 8.29. The fraction of sp³-hybridized carbons (Fsp3) is 0.300. The minimum absolute atomic E-state index is 0.249. The molecule has 0 fully saturated rings. The minimum Gasteiger partial charge on any atom is -0.384 e. The van der Waals surface area contributed by atoms with Gasteiger partial charge in [-0.05, 0) is 24.6 Å². The van der Waals surface area contributed by atoms with Gasteiger partial charge in [-0.2, -0.15) is 4.98 Å². The van der Waals surface area contributed by atoms with Crippen molar-refractivity contribution < 1.29 is 9.63 Å². The van der Waals surface area contributed by atoms with Crippen LogP contribution in [0, 0.1) is 0 Å². The van der Waals surface area contributed by atoms with Gasteiger partial charge in [0, 0.05) is 18.8 Å². The summed E-state index contributed by atoms with van der Waals surface area (Å²) in [6.45, 7) is 1.59. The highest BCUT2D eigenvalue weighted by molar-refractivity contribution is 5.14. The molecule has 2 rings (SSSR count). The van der Waals surface area contributed by atoms with Crippen molar-refractivity contribution in [3.63, 3.8) is 0 Å². The first-order valence-electron chi connectivity index (χ1n) is 4.65. The van der Waals surface area contributed by atoms with Gasteiger partial charge in [0.05, 0.1) is 0 Å². The van der Waals surface area contributed by atoms with E-state index in [9.17, 15) is 5.11 Å². The summed E-state index contributed by atoms with van der Waals surface area (Å²) in [6.07, 6.45) is 3.29. The lowest BCUT2D eigenvalue weighted by Crippen LogP contribution is -1.93. The quantitative estimate of drug-likeness (QED) is 0.812. The minimum atomic E-state index is -0.719. The Morgan fingerprint density at radius 1 is 1.40 bits per heavy atom. The fourth-order valence-corrected chi connectivity index (χ4v) is 1.19. The number of aromatic nitrogens is 3. The Balaban J connectivity index is 2.12. The second-order valence-corrected chi connectivity index (χ2v) is 3.26. The molecule has 15 heavy (non-hydrogen) atoms. The molecule has 0 unspecified atom stereocenters. The Morgan fingerprint density at radius 3 is 2.73 bits per heavy atom. The van der Waals surface area contributed by atoms with Crippen molar-refractivity contribution in [1.29, 1.82) is 0 Å². The van der Waals surface area contributed by atoms with Crippen molar-refractivity contribution in [2.75, 3.05) is 0 Å². The smallest absolute Gasteiger partial charge is 0.255 e. The number of hydrogen-bond donors (Lipinski definition) is 1. The molecule has 0 aliphatic heterocycles. The molecule has 0 radical (unpaired) electrons. The summed E-state index contributed by atoms with van der Waals surface area (Å²) in [6, 6.07) is 3.77. The summed E-state index contributed by atoms with van der Waals surface area (Å²) in [5, 5.41) is 13.0. The first-order chi connectivity index (χ1) is 7.25. The second kappa shape index (κ2) is 4.18. The van der Waals surface area contributed by atoms with E-state index in [2.05, 4.69) is 15.1 Å². The maximum absolute atomic E-state index is 9.20. The summed E-state index contributed by atoms with van der Waals surface area (Å²) in [5.41, 5.74) is 1.06. The first kappa shape index (κ1) is 9.79. The van der Waals surface area contributed by atoms with Crippen LogP contribution in [0.15, 0.2) is 29.0 Å². The fourth-order valence-electron chi connectivity index (χ4n) is 1.19. The van der Waals surface area contributed by atoms with Crippen molar-refractivity contribution >= 4 is 0 Å². The summed E-state index contributed by atoms with van der Waals surface area (Å²) in [4.78, 5) is 7.97. The van der Waals surface area contributed by atoms with E-state index in [-0.39, 0.29) is 5.89 Å². The molecule has 0 aliphatic rings. The van der Waals surface area contributed by atoms with Gasteiger partial charge in [0.2, 0.25) is 0 Å². The molecule has 5 nitrogen and oxygen atoms in total. The van der Waals surface area contributed by atoms with E-state index < -0.39 is 6.10 Å². The van der Waals surface area contributed by atoms with Crippen molar-refractivity contribution in [3.05, 3.63) is 41.8 Å². The van der Waals surface area contributed by atoms with Gasteiger partial charge in [-0.1, -0.05) is 5.16 Å². The summed E-state index contributed by atoms with van der Waals surface area (Å²) in [7, 11) is 0. The number of aliphatic hydroxyl groups is 1. The van der Waals surface area contributed by atoms with Crippen molar-refractivity contribution in [2.45, 2.75) is 19.4 Å². The van der Waals surface area contributed by atoms with Crippen LogP contribution in [0.5, 0.6) is 0 Å². The lowest BCUT2D eigenvalue weighted by Gasteiger charge is -1.94. The molecule has 0 saturated heterocycles. The van der Waals surface area contributed by atoms with Crippen LogP contribution in [-0.4, -0.2) is 20.2 Å². The third kappa shape index (κ3) is 2.38. The number of hydrogen-bond acceptors (Lipinski definition) is 5. The number of aliphatic hydroxyl groups excluding tert-OH is 1. The van der Waals surface area contributed by atoms with Crippen LogP contribution < -0.4 is 0 Å². The van der Waals surface area contributed by atoms with Gasteiger partial charge in [-0.15, -0.1) is 0 Å². The Labute approximate surface area is 86.8 Å². The molecular formula is C10H11N3O2. The van der Waals surface area contributed by atoms with Crippen LogP contribution >= 0.6 is 0 Å². The topological polar surface area (TPSA) is 72.0 Å². The van der Waals surface area contributed by atoms with Gasteiger partial charge in [0.1, 0.15) is 6.10 Å². The van der Waals surface area contributed by atoms with E-state index in [1.165, 1.54) is 0 Å². The van der Waals surface area contributed by atoms with Gasteiger partial charge in [-0.3, -0.25) is 4.98 Å². The first-order valence-corrected chi connectivity index (χ1v) is 4.65. The zero-order chi connectivity index (χ0) is 10.7. The summed E-state index contributed by atoms with van der Waals surface area (Å²) >= 11 is 0. The van der Waals surface area contributed by atoms with Gasteiger partial charge >= 0.3 is 0 Å². The molecule has 2 heterocycles. The number of nitrogens with zero attached hydrogens (tertiary/aromatic N) is 3. The predicted octanol–water partition coefficient (Wildman–Crippen LogP) is 1.11. The third-order valence-corrected chi connectivity index (χ3v) is 1.95. The summed E-state index contributed by atoms with van der Waals surface area (Å²) in [5.74, 6) is 0.816. The van der Waals surface area contributed by atoms with Crippen LogP contribution in [0.25, 0.3) is 0 Å². The van der Waals surface area contributed by atoms with E-state index in [0.717, 1.165) is 5.56 Å². The maximum Gasteiger partial charge on any atom is 0.255 e. The van der Waals surface area contributed by atoms with E-state index in [0.29, 0.717) is 12.2 Å². The Bertz CT molecular complexity index is 425. The zero-order valence-electron chi connectivity index (χ0n) is 8.29. The van der Waals surface area contributed by atoms with Crippen molar-refractivity contribution in [2.24, 2.45) is 0 Å². The highest BCUT2D eigenvalue weighted by atomic mass is 16.5. The van der Waals surface area contributed by atoms with Gasteiger partial charge in [0.15, 0.2) is 5.82 Å². The standard InChI is InChI=1S/C10H11N3O2/c1-7(14)10-12-9(13-15-10)6-8-2-4-11-5-3-8/h2-5,7,14H,6H2,1H3/t7-/m0/s1. The molecule has 2 aromatic rings. The van der Waals surface area contributed by atoms with E-state index in [1.807, 2.05) is 12.1 Å². The van der Waals surface area contributed by atoms with Crippen LogP contribution in [0.3, 0.4) is 0 Å². The van der Waals surface area contributed by atoms with Crippen molar-refractivity contribution in [1.82, 2.24) is 15.1 Å². The molecule has 0 saturated carbocycles. The molecule has 5 heteroatoms. The average molecular weight is 205 g/mol. The van der Waals surface area contributed by atoms with E-state index >= 15 is 0 Å². The Kier molecular flexibility index (Phi) is 2.73. The summed E-state index contributed by atoms with van der Waals surface area (Å²) < 4.78 is 4.87. The van der Waals surface area contributed by atoms with E-state index in [1.54, 1.807) is 19.3 Å². The second-order valence-electron chi connectivity index (χ2n) is 3.26. The maximum atomic E-state index is 9.20. The highest BCUT2D eigenvalue weighted by Gasteiger charge is 2.11. The molecular weight excluding hydrogens is 194 g/mol. The van der Waals surface area contributed by atoms with Gasteiger partial charge < -0.3 is 9.63 Å². The van der Waals surface area contributed by atoms with Gasteiger partial charge in [-0.25, -0.2) is 0 Å². The predicted molar refractivity (Wildman–Crippen MR) is 52.0 cm³/mol. The molecule has 0 bridgehead atoms. The highest BCUT2D eigenvalue weighted by Crippen LogP contribution is 2.10. The molecule has 2 aromatic heterocycles. The van der Waals surface area contributed by atoms with Crippen LogP contribution in [-0.2, 0) is 6.42 Å². The molecule has 0 aromatic carbocycles. The normalized spacial score (nSPS) is 12.7. The lowest BCUT2D eigenvalue weighted by molar-refractivity contribution is 0.151. The van der Waals surface area contributed by atoms with E-state index in [4.69, 9.17) is 4.52 Å². The number of pyridine rings is 1.